The van der Waals surface area contributed by atoms with Crippen molar-refractivity contribution >= 4 is 17.0 Å². The third-order valence-electron chi connectivity index (χ3n) is 2.78. The molecule has 17 heavy (non-hydrogen) atoms. The number of carbonyl (C=O) groups is 1. The number of benzene rings is 1. The highest BCUT2D eigenvalue weighted by Crippen LogP contribution is 2.15. The Morgan fingerprint density at radius 1 is 1.47 bits per heavy atom. The van der Waals surface area contributed by atoms with Gasteiger partial charge in [0.1, 0.15) is 0 Å². The van der Waals surface area contributed by atoms with Crippen LogP contribution in [0.3, 0.4) is 0 Å². The van der Waals surface area contributed by atoms with Crippen molar-refractivity contribution in [1.82, 2.24) is 9.55 Å². The highest BCUT2D eigenvalue weighted by atomic mass is 16.4. The molecular weight excluding hydrogens is 220 g/mol. The van der Waals surface area contributed by atoms with Crippen LogP contribution in [0.4, 0.5) is 0 Å². The summed E-state index contributed by atoms with van der Waals surface area (Å²) < 4.78 is 1.59. The zero-order valence-electron chi connectivity index (χ0n) is 9.56. The van der Waals surface area contributed by atoms with Gasteiger partial charge in [-0.15, -0.1) is 0 Å². The SMILES string of the molecule is CCCCn1c(=O)[nH]c2c(C(=O)O)cccc21. The second-order valence-corrected chi connectivity index (χ2v) is 3.94. The third-order valence-corrected chi connectivity index (χ3v) is 2.78. The molecular formula is C12H14N2O3. The van der Waals surface area contributed by atoms with Crippen molar-refractivity contribution < 1.29 is 9.90 Å². The number of fused-ring (bicyclic) bond motifs is 1. The summed E-state index contributed by atoms with van der Waals surface area (Å²) in [7, 11) is 0. The lowest BCUT2D eigenvalue weighted by atomic mass is 10.2. The standard InChI is InChI=1S/C12H14N2O3/c1-2-3-7-14-9-6-4-5-8(11(15)16)10(9)13-12(14)17/h4-6H,2-3,7H2,1H3,(H,13,17)(H,15,16). The predicted octanol–water partition coefficient (Wildman–Crippen LogP) is 1.83. The molecule has 5 heteroatoms. The van der Waals surface area contributed by atoms with Gasteiger partial charge in [0.2, 0.25) is 0 Å². The summed E-state index contributed by atoms with van der Waals surface area (Å²) in [6, 6.07) is 4.90. The van der Waals surface area contributed by atoms with E-state index in [1.165, 1.54) is 6.07 Å². The van der Waals surface area contributed by atoms with E-state index >= 15 is 0 Å². The van der Waals surface area contributed by atoms with Gasteiger partial charge in [-0.1, -0.05) is 19.4 Å². The fraction of sp³-hybridized carbons (Fsp3) is 0.333. The van der Waals surface area contributed by atoms with Crippen LogP contribution in [0.25, 0.3) is 11.0 Å². The van der Waals surface area contributed by atoms with E-state index in [1.54, 1.807) is 16.7 Å². The largest absolute Gasteiger partial charge is 0.478 e. The fourth-order valence-corrected chi connectivity index (χ4v) is 1.90. The Kier molecular flexibility index (Phi) is 2.99. The van der Waals surface area contributed by atoms with Gasteiger partial charge >= 0.3 is 11.7 Å². The summed E-state index contributed by atoms with van der Waals surface area (Å²) in [5.41, 5.74) is 0.946. The van der Waals surface area contributed by atoms with Gasteiger partial charge in [0.25, 0.3) is 0 Å². The van der Waals surface area contributed by atoms with Gasteiger partial charge in [0, 0.05) is 6.54 Å². The number of aromatic amines is 1. The molecule has 5 nitrogen and oxygen atoms in total. The molecule has 0 unspecified atom stereocenters. The Hall–Kier alpha value is -2.04. The number of hydrogen-bond acceptors (Lipinski definition) is 2. The van der Waals surface area contributed by atoms with Gasteiger partial charge in [-0.2, -0.15) is 0 Å². The van der Waals surface area contributed by atoms with Crippen molar-refractivity contribution in [1.29, 1.82) is 0 Å². The second kappa shape index (κ2) is 4.45. The second-order valence-electron chi connectivity index (χ2n) is 3.94. The van der Waals surface area contributed by atoms with Crippen molar-refractivity contribution in [2.45, 2.75) is 26.3 Å². The smallest absolute Gasteiger partial charge is 0.337 e. The van der Waals surface area contributed by atoms with Crippen LogP contribution in [0.15, 0.2) is 23.0 Å². The molecule has 0 radical (unpaired) electrons. The van der Waals surface area contributed by atoms with Crippen LogP contribution in [-0.2, 0) is 6.54 Å². The molecule has 2 aromatic rings. The minimum absolute atomic E-state index is 0.134. The van der Waals surface area contributed by atoms with E-state index in [0.29, 0.717) is 17.6 Å². The summed E-state index contributed by atoms with van der Waals surface area (Å²) in [4.78, 5) is 25.4. The zero-order valence-corrected chi connectivity index (χ0v) is 9.56. The number of H-pyrrole nitrogens is 1. The lowest BCUT2D eigenvalue weighted by Crippen LogP contribution is -2.16. The molecule has 1 heterocycles. The first kappa shape index (κ1) is 11.4. The van der Waals surface area contributed by atoms with Crippen LogP contribution in [0.1, 0.15) is 30.1 Å². The Bertz CT molecular complexity index is 610. The molecule has 0 amide bonds. The third kappa shape index (κ3) is 1.95. The number of nitrogens with one attached hydrogen (secondary N) is 1. The molecule has 90 valence electrons. The maximum atomic E-state index is 11.7. The molecule has 0 fully saturated rings. The molecule has 0 bridgehead atoms. The summed E-state index contributed by atoms with van der Waals surface area (Å²) in [6.45, 7) is 2.65. The average molecular weight is 234 g/mol. The highest BCUT2D eigenvalue weighted by Gasteiger charge is 2.13. The van der Waals surface area contributed by atoms with Crippen LogP contribution in [-0.4, -0.2) is 20.6 Å². The Morgan fingerprint density at radius 3 is 2.88 bits per heavy atom. The van der Waals surface area contributed by atoms with E-state index in [9.17, 15) is 9.59 Å². The Labute approximate surface area is 97.7 Å². The van der Waals surface area contributed by atoms with E-state index in [4.69, 9.17) is 5.11 Å². The summed E-state index contributed by atoms with van der Waals surface area (Å²) in [5.74, 6) is -1.03. The number of hydrogen-bond donors (Lipinski definition) is 2. The topological polar surface area (TPSA) is 75.1 Å². The van der Waals surface area contributed by atoms with Gasteiger partial charge in [-0.25, -0.2) is 9.59 Å². The number of aryl methyl sites for hydroxylation is 1. The van der Waals surface area contributed by atoms with Crippen molar-refractivity contribution in [2.75, 3.05) is 0 Å². The van der Waals surface area contributed by atoms with E-state index in [-0.39, 0.29) is 11.3 Å². The van der Waals surface area contributed by atoms with Crippen molar-refractivity contribution in [3.8, 4) is 0 Å². The number of nitrogens with zero attached hydrogens (tertiary/aromatic N) is 1. The van der Waals surface area contributed by atoms with Gasteiger partial charge in [-0.3, -0.25) is 4.57 Å². The minimum atomic E-state index is -1.03. The van der Waals surface area contributed by atoms with Gasteiger partial charge in [0.05, 0.1) is 16.6 Å². The molecule has 0 spiro atoms. The molecule has 2 N–H and O–H groups in total. The van der Waals surface area contributed by atoms with E-state index in [1.807, 2.05) is 6.92 Å². The van der Waals surface area contributed by atoms with Crippen molar-refractivity contribution in [3.05, 3.63) is 34.2 Å². The van der Waals surface area contributed by atoms with Gasteiger partial charge < -0.3 is 10.1 Å². The number of rotatable bonds is 4. The van der Waals surface area contributed by atoms with Crippen molar-refractivity contribution in [3.63, 3.8) is 0 Å². The first-order valence-corrected chi connectivity index (χ1v) is 5.60. The molecule has 0 aliphatic carbocycles. The maximum absolute atomic E-state index is 11.7. The van der Waals surface area contributed by atoms with Gasteiger partial charge in [0.15, 0.2) is 0 Å². The lowest BCUT2D eigenvalue weighted by molar-refractivity contribution is 0.0699. The van der Waals surface area contributed by atoms with Crippen LogP contribution >= 0.6 is 0 Å². The molecule has 0 atom stereocenters. The normalized spacial score (nSPS) is 10.9. The summed E-state index contributed by atoms with van der Waals surface area (Å²) in [5, 5.41) is 9.03. The Balaban J connectivity index is 2.63. The fourth-order valence-electron chi connectivity index (χ4n) is 1.90. The van der Waals surface area contributed by atoms with Crippen molar-refractivity contribution in [2.24, 2.45) is 0 Å². The molecule has 1 aromatic carbocycles. The minimum Gasteiger partial charge on any atom is -0.478 e. The number of aromatic carboxylic acids is 1. The number of para-hydroxylation sites is 1. The van der Waals surface area contributed by atoms with E-state index in [0.717, 1.165) is 12.8 Å². The quantitative estimate of drug-likeness (QED) is 0.847. The first-order valence-electron chi connectivity index (χ1n) is 5.60. The monoisotopic (exact) mass is 234 g/mol. The zero-order chi connectivity index (χ0) is 12.4. The Morgan fingerprint density at radius 2 is 2.24 bits per heavy atom. The summed E-state index contributed by atoms with van der Waals surface area (Å²) >= 11 is 0. The number of carboxylic acid groups (broad SMARTS) is 1. The number of aromatic nitrogens is 2. The van der Waals surface area contributed by atoms with Crippen LogP contribution in [0.5, 0.6) is 0 Å². The number of carboxylic acids is 1. The average Bonchev–Trinajstić information content (AvgIpc) is 2.61. The molecule has 0 saturated heterocycles. The molecule has 0 aliphatic rings. The van der Waals surface area contributed by atoms with Crippen LogP contribution < -0.4 is 5.69 Å². The number of imidazole rings is 1. The first-order chi connectivity index (χ1) is 8.15. The number of unbranched alkanes of at least 4 members (excludes halogenated alkanes) is 1. The lowest BCUT2D eigenvalue weighted by Gasteiger charge is -2.02. The molecule has 0 saturated carbocycles. The summed E-state index contributed by atoms with van der Waals surface area (Å²) in [6.07, 6.45) is 1.88. The molecule has 0 aliphatic heterocycles. The molecule has 1 aromatic heterocycles. The van der Waals surface area contributed by atoms with Crippen LogP contribution in [0, 0.1) is 0 Å². The van der Waals surface area contributed by atoms with E-state index < -0.39 is 5.97 Å². The molecule has 2 rings (SSSR count). The van der Waals surface area contributed by atoms with E-state index in [2.05, 4.69) is 4.98 Å². The highest BCUT2D eigenvalue weighted by molar-refractivity contribution is 6.00. The maximum Gasteiger partial charge on any atom is 0.337 e. The van der Waals surface area contributed by atoms with Gasteiger partial charge in [-0.05, 0) is 18.6 Å². The predicted molar refractivity (Wildman–Crippen MR) is 64.4 cm³/mol. The van der Waals surface area contributed by atoms with Crippen LogP contribution in [0.2, 0.25) is 0 Å².